The fraction of sp³-hybridized carbons (Fsp3) is 0.917. The zero-order valence-electron chi connectivity index (χ0n) is 19.2. The summed E-state index contributed by atoms with van der Waals surface area (Å²) in [4.78, 5) is 24.6. The summed E-state index contributed by atoms with van der Waals surface area (Å²) in [5.41, 5.74) is 0. The van der Waals surface area contributed by atoms with Crippen molar-refractivity contribution in [3.63, 3.8) is 0 Å². The van der Waals surface area contributed by atoms with Gasteiger partial charge in [-0.15, -0.1) is 0 Å². The second-order valence-electron chi connectivity index (χ2n) is 9.29. The number of esters is 2. The van der Waals surface area contributed by atoms with Crippen LogP contribution in [0.3, 0.4) is 0 Å². The standard InChI is InChI=1S/C24H44O4/c1-7-19(17(3)4)13-15-27-23(25)21-9-11-22(12-10-21)24(26)28-16-14-20(8-2)18(5)6/h17-22H,7-16H2,1-6H3. The Kier molecular flexibility index (Phi) is 11.8. The van der Waals surface area contributed by atoms with E-state index in [0.29, 0.717) is 36.9 Å². The molecule has 0 aliphatic heterocycles. The van der Waals surface area contributed by atoms with E-state index in [-0.39, 0.29) is 23.8 Å². The summed E-state index contributed by atoms with van der Waals surface area (Å²) in [6.45, 7) is 14.3. The third-order valence-electron chi connectivity index (χ3n) is 6.79. The Labute approximate surface area is 173 Å². The lowest BCUT2D eigenvalue weighted by molar-refractivity contribution is -0.155. The van der Waals surface area contributed by atoms with Crippen molar-refractivity contribution < 1.29 is 19.1 Å². The highest BCUT2D eigenvalue weighted by Crippen LogP contribution is 2.31. The van der Waals surface area contributed by atoms with Gasteiger partial charge in [-0.1, -0.05) is 54.4 Å². The number of ether oxygens (including phenoxy) is 2. The molecule has 0 aromatic heterocycles. The van der Waals surface area contributed by atoms with Crippen LogP contribution in [0.15, 0.2) is 0 Å². The molecule has 0 saturated heterocycles. The third kappa shape index (κ3) is 8.53. The number of carbonyl (C=O) groups is 2. The molecular formula is C24H44O4. The first-order valence-electron chi connectivity index (χ1n) is 11.6. The molecule has 28 heavy (non-hydrogen) atoms. The van der Waals surface area contributed by atoms with Gasteiger partial charge < -0.3 is 9.47 Å². The molecule has 1 saturated carbocycles. The molecule has 1 fully saturated rings. The van der Waals surface area contributed by atoms with Crippen LogP contribution in [0.2, 0.25) is 0 Å². The number of hydrogen-bond acceptors (Lipinski definition) is 4. The van der Waals surface area contributed by atoms with Gasteiger partial charge in [0.2, 0.25) is 0 Å². The van der Waals surface area contributed by atoms with Gasteiger partial charge in [0, 0.05) is 0 Å². The fourth-order valence-electron chi connectivity index (χ4n) is 4.44. The predicted octanol–water partition coefficient (Wildman–Crippen LogP) is 6.02. The van der Waals surface area contributed by atoms with Crippen LogP contribution in [0.5, 0.6) is 0 Å². The highest BCUT2D eigenvalue weighted by Gasteiger charge is 2.31. The number of rotatable bonds is 12. The maximum atomic E-state index is 12.3. The van der Waals surface area contributed by atoms with Crippen LogP contribution < -0.4 is 0 Å². The maximum Gasteiger partial charge on any atom is 0.308 e. The summed E-state index contributed by atoms with van der Waals surface area (Å²) in [5, 5.41) is 0. The SMILES string of the molecule is CCC(CCOC(=O)C1CCC(C(=O)OCCC(CC)C(C)C)CC1)C(C)C. The van der Waals surface area contributed by atoms with Crippen molar-refractivity contribution in [3.05, 3.63) is 0 Å². The first kappa shape index (κ1) is 25.0. The van der Waals surface area contributed by atoms with Crippen LogP contribution >= 0.6 is 0 Å². The molecule has 0 aromatic carbocycles. The first-order valence-corrected chi connectivity index (χ1v) is 11.6. The molecule has 0 radical (unpaired) electrons. The van der Waals surface area contributed by atoms with E-state index in [0.717, 1.165) is 51.4 Å². The monoisotopic (exact) mass is 396 g/mol. The molecule has 0 aromatic rings. The Morgan fingerprint density at radius 1 is 0.714 bits per heavy atom. The first-order chi connectivity index (χ1) is 13.3. The number of carbonyl (C=O) groups excluding carboxylic acids is 2. The fourth-order valence-corrected chi connectivity index (χ4v) is 4.44. The van der Waals surface area contributed by atoms with Crippen molar-refractivity contribution in [2.45, 2.75) is 92.9 Å². The van der Waals surface area contributed by atoms with E-state index in [1.54, 1.807) is 0 Å². The molecule has 1 aliphatic carbocycles. The largest absolute Gasteiger partial charge is 0.465 e. The van der Waals surface area contributed by atoms with E-state index in [4.69, 9.17) is 9.47 Å². The second kappa shape index (κ2) is 13.2. The van der Waals surface area contributed by atoms with Crippen molar-refractivity contribution in [2.24, 2.45) is 35.5 Å². The van der Waals surface area contributed by atoms with Gasteiger partial charge in [-0.3, -0.25) is 9.59 Å². The van der Waals surface area contributed by atoms with Crippen LogP contribution in [0.4, 0.5) is 0 Å². The van der Waals surface area contributed by atoms with Crippen LogP contribution in [-0.2, 0) is 19.1 Å². The lowest BCUT2D eigenvalue weighted by Gasteiger charge is -2.27. The van der Waals surface area contributed by atoms with Crippen LogP contribution in [0, 0.1) is 35.5 Å². The molecule has 0 bridgehead atoms. The lowest BCUT2D eigenvalue weighted by atomic mass is 9.82. The average molecular weight is 397 g/mol. The van der Waals surface area contributed by atoms with Crippen molar-refractivity contribution in [1.29, 1.82) is 0 Å². The van der Waals surface area contributed by atoms with Crippen molar-refractivity contribution in [1.82, 2.24) is 0 Å². The quantitative estimate of drug-likeness (QED) is 0.378. The Bertz CT molecular complexity index is 408. The molecule has 0 spiro atoms. The summed E-state index contributed by atoms with van der Waals surface area (Å²) >= 11 is 0. The molecule has 1 rings (SSSR count). The highest BCUT2D eigenvalue weighted by molar-refractivity contribution is 5.75. The van der Waals surface area contributed by atoms with E-state index in [9.17, 15) is 9.59 Å². The number of hydrogen-bond donors (Lipinski definition) is 0. The van der Waals surface area contributed by atoms with Crippen LogP contribution in [-0.4, -0.2) is 25.2 Å². The molecule has 164 valence electrons. The maximum absolute atomic E-state index is 12.3. The van der Waals surface area contributed by atoms with Gasteiger partial charge >= 0.3 is 11.9 Å². The zero-order chi connectivity index (χ0) is 21.1. The van der Waals surface area contributed by atoms with Crippen molar-refractivity contribution in [3.8, 4) is 0 Å². The lowest BCUT2D eigenvalue weighted by Crippen LogP contribution is -2.29. The van der Waals surface area contributed by atoms with Gasteiger partial charge in [0.1, 0.15) is 0 Å². The van der Waals surface area contributed by atoms with E-state index >= 15 is 0 Å². The topological polar surface area (TPSA) is 52.6 Å². The van der Waals surface area contributed by atoms with Gasteiger partial charge in [-0.2, -0.15) is 0 Å². The summed E-state index contributed by atoms with van der Waals surface area (Å²) in [5.74, 6) is 2.22. The molecule has 4 heteroatoms. The molecule has 0 amide bonds. The Morgan fingerprint density at radius 2 is 1.04 bits per heavy atom. The third-order valence-corrected chi connectivity index (χ3v) is 6.79. The molecule has 2 unspecified atom stereocenters. The summed E-state index contributed by atoms with van der Waals surface area (Å²) in [6.07, 6.45) is 7.09. The minimum absolute atomic E-state index is 0.0476. The minimum Gasteiger partial charge on any atom is -0.465 e. The molecule has 2 atom stereocenters. The molecule has 4 nitrogen and oxygen atoms in total. The summed E-state index contributed by atoms with van der Waals surface area (Å²) in [7, 11) is 0. The van der Waals surface area contributed by atoms with Crippen molar-refractivity contribution >= 4 is 11.9 Å². The molecular weight excluding hydrogens is 352 g/mol. The molecule has 0 heterocycles. The predicted molar refractivity (Wildman–Crippen MR) is 114 cm³/mol. The minimum atomic E-state index is -0.0758. The van der Waals surface area contributed by atoms with Crippen LogP contribution in [0.25, 0.3) is 0 Å². The summed E-state index contributed by atoms with van der Waals surface area (Å²) < 4.78 is 11.1. The van der Waals surface area contributed by atoms with Gasteiger partial charge in [0.25, 0.3) is 0 Å². The second-order valence-corrected chi connectivity index (χ2v) is 9.29. The van der Waals surface area contributed by atoms with Gasteiger partial charge in [0.15, 0.2) is 0 Å². The Balaban J connectivity index is 2.26. The van der Waals surface area contributed by atoms with E-state index in [1.165, 1.54) is 0 Å². The Hall–Kier alpha value is -1.06. The van der Waals surface area contributed by atoms with Crippen LogP contribution in [0.1, 0.15) is 92.9 Å². The smallest absolute Gasteiger partial charge is 0.308 e. The van der Waals surface area contributed by atoms with E-state index in [1.807, 2.05) is 0 Å². The Morgan fingerprint density at radius 3 is 1.29 bits per heavy atom. The zero-order valence-corrected chi connectivity index (χ0v) is 19.2. The van der Waals surface area contributed by atoms with Gasteiger partial charge in [0.05, 0.1) is 25.0 Å². The van der Waals surface area contributed by atoms with E-state index < -0.39 is 0 Å². The normalized spacial score (nSPS) is 22.1. The highest BCUT2D eigenvalue weighted by atomic mass is 16.5. The average Bonchev–Trinajstić information content (AvgIpc) is 2.67. The molecule has 0 N–H and O–H groups in total. The van der Waals surface area contributed by atoms with Gasteiger partial charge in [-0.25, -0.2) is 0 Å². The van der Waals surface area contributed by atoms with Gasteiger partial charge in [-0.05, 0) is 62.2 Å². The molecule has 1 aliphatic rings. The summed E-state index contributed by atoms with van der Waals surface area (Å²) in [6, 6.07) is 0. The van der Waals surface area contributed by atoms with E-state index in [2.05, 4.69) is 41.5 Å². The van der Waals surface area contributed by atoms with Crippen molar-refractivity contribution in [2.75, 3.05) is 13.2 Å².